The van der Waals surface area contributed by atoms with E-state index in [9.17, 15) is 4.79 Å². The van der Waals surface area contributed by atoms with E-state index in [4.69, 9.17) is 8.83 Å². The Hall–Kier alpha value is -2.63. The number of amides is 1. The molecule has 1 N–H and O–H groups in total. The Kier molecular flexibility index (Phi) is 3.90. The summed E-state index contributed by atoms with van der Waals surface area (Å²) in [6.45, 7) is 7.82. The van der Waals surface area contributed by atoms with E-state index >= 15 is 0 Å². The van der Waals surface area contributed by atoms with Gasteiger partial charge in [0.15, 0.2) is 5.76 Å². The minimum Gasteiger partial charge on any atom is -0.450 e. The third-order valence-electron chi connectivity index (χ3n) is 3.96. The first kappa shape index (κ1) is 15.3. The third-order valence-corrected chi connectivity index (χ3v) is 3.96. The lowest BCUT2D eigenvalue weighted by atomic mass is 10.1. The van der Waals surface area contributed by atoms with Crippen molar-refractivity contribution in [3.05, 3.63) is 35.2 Å². The van der Waals surface area contributed by atoms with Crippen LogP contribution in [0.4, 0.5) is 0 Å². The van der Waals surface area contributed by atoms with Crippen LogP contribution in [0, 0.1) is 13.8 Å². The number of carbonyl (C=O) groups is 1. The van der Waals surface area contributed by atoms with Crippen LogP contribution >= 0.6 is 0 Å². The zero-order valence-corrected chi connectivity index (χ0v) is 13.6. The number of fused-ring (bicyclic) bond motifs is 1. The highest BCUT2D eigenvalue weighted by Crippen LogP contribution is 2.33. The largest absolute Gasteiger partial charge is 0.450 e. The molecule has 0 aliphatic carbocycles. The Morgan fingerprint density at radius 2 is 2.04 bits per heavy atom. The first-order valence-electron chi connectivity index (χ1n) is 7.64. The van der Waals surface area contributed by atoms with Crippen LogP contribution in [0.1, 0.15) is 42.1 Å². The maximum atomic E-state index is 12.0. The van der Waals surface area contributed by atoms with Gasteiger partial charge in [0.2, 0.25) is 0 Å². The topological polar surface area (TPSA) is 81.2 Å². The predicted molar refractivity (Wildman–Crippen MR) is 86.2 cm³/mol. The number of benzene rings is 1. The number of para-hydroxylation sites is 1. The van der Waals surface area contributed by atoms with E-state index < -0.39 is 0 Å². The molecule has 0 fully saturated rings. The second-order valence-electron chi connectivity index (χ2n) is 5.70. The lowest BCUT2D eigenvalue weighted by molar-refractivity contribution is 0.0904. The van der Waals surface area contributed by atoms with Crippen LogP contribution in [0.5, 0.6) is 0 Å². The molecule has 1 atom stereocenters. The van der Waals surface area contributed by atoms with Gasteiger partial charge < -0.3 is 14.2 Å². The number of furan rings is 1. The van der Waals surface area contributed by atoms with Crippen molar-refractivity contribution >= 4 is 16.9 Å². The van der Waals surface area contributed by atoms with Gasteiger partial charge in [-0.1, -0.05) is 25.1 Å². The van der Waals surface area contributed by atoms with Gasteiger partial charge >= 0.3 is 11.8 Å². The van der Waals surface area contributed by atoms with Gasteiger partial charge in [0, 0.05) is 17.0 Å². The van der Waals surface area contributed by atoms with E-state index in [0.717, 1.165) is 28.5 Å². The lowest BCUT2D eigenvalue weighted by Crippen LogP contribution is -2.32. The van der Waals surface area contributed by atoms with Crippen LogP contribution in [0.2, 0.25) is 0 Å². The van der Waals surface area contributed by atoms with Crippen LogP contribution < -0.4 is 5.32 Å². The van der Waals surface area contributed by atoms with Gasteiger partial charge in [-0.15, -0.1) is 10.2 Å². The van der Waals surface area contributed by atoms with Crippen molar-refractivity contribution < 1.29 is 13.6 Å². The van der Waals surface area contributed by atoms with Crippen molar-refractivity contribution in [1.82, 2.24) is 15.5 Å². The lowest BCUT2D eigenvalue weighted by Gasteiger charge is -2.08. The second kappa shape index (κ2) is 5.87. The molecule has 23 heavy (non-hydrogen) atoms. The number of nitrogens with zero attached hydrogens (tertiary/aromatic N) is 2. The summed E-state index contributed by atoms with van der Waals surface area (Å²) in [5, 5.41) is 11.6. The molecule has 0 saturated carbocycles. The van der Waals surface area contributed by atoms with Crippen LogP contribution in [-0.2, 0) is 0 Å². The molecule has 0 saturated heterocycles. The molecule has 3 rings (SSSR count). The van der Waals surface area contributed by atoms with E-state index in [1.165, 1.54) is 0 Å². The first-order valence-corrected chi connectivity index (χ1v) is 7.64. The molecule has 3 aromatic rings. The second-order valence-corrected chi connectivity index (χ2v) is 5.70. The van der Waals surface area contributed by atoms with E-state index in [2.05, 4.69) is 15.5 Å². The van der Waals surface area contributed by atoms with Gasteiger partial charge in [0.25, 0.3) is 5.89 Å². The quantitative estimate of drug-likeness (QED) is 0.795. The molecule has 2 aromatic heterocycles. The maximum Gasteiger partial charge on any atom is 0.309 e. The molecule has 1 aromatic carbocycles. The molecular formula is C17H19N3O3. The Morgan fingerprint density at radius 1 is 1.26 bits per heavy atom. The standard InChI is InChI=1S/C17H19N3O3/c1-5-10(3)18-15(21)17-20-19-16(23-17)14-11(4)12-8-6-7-9(2)13(12)22-14/h6-8,10H,5H2,1-4H3,(H,18,21)/t10-/m0/s1. The minimum absolute atomic E-state index is 0.0495. The van der Waals surface area contributed by atoms with Crippen molar-refractivity contribution in [1.29, 1.82) is 0 Å². The number of aryl methyl sites for hydroxylation is 2. The molecule has 0 aliphatic rings. The Balaban J connectivity index is 1.96. The smallest absolute Gasteiger partial charge is 0.309 e. The molecule has 6 heteroatoms. The average molecular weight is 313 g/mol. The summed E-state index contributed by atoms with van der Waals surface area (Å²) >= 11 is 0. The zero-order valence-electron chi connectivity index (χ0n) is 13.6. The van der Waals surface area contributed by atoms with Crippen molar-refractivity contribution in [3.8, 4) is 11.7 Å². The molecule has 1 amide bonds. The highest BCUT2D eigenvalue weighted by molar-refractivity contribution is 5.91. The highest BCUT2D eigenvalue weighted by Gasteiger charge is 2.22. The van der Waals surface area contributed by atoms with Crippen molar-refractivity contribution in [2.75, 3.05) is 0 Å². The fourth-order valence-corrected chi connectivity index (χ4v) is 2.38. The molecule has 0 radical (unpaired) electrons. The molecule has 0 aliphatic heterocycles. The number of rotatable bonds is 4. The Labute approximate surface area is 133 Å². The Morgan fingerprint density at radius 3 is 2.74 bits per heavy atom. The number of nitrogens with one attached hydrogen (secondary N) is 1. The SMILES string of the molecule is CC[C@H](C)NC(=O)c1nnc(-c2oc3c(C)cccc3c2C)o1. The van der Waals surface area contributed by atoms with E-state index in [0.29, 0.717) is 5.76 Å². The first-order chi connectivity index (χ1) is 11.0. The molecular weight excluding hydrogens is 294 g/mol. The van der Waals surface area contributed by atoms with Crippen molar-refractivity contribution in [2.24, 2.45) is 0 Å². The summed E-state index contributed by atoms with van der Waals surface area (Å²) in [7, 11) is 0. The highest BCUT2D eigenvalue weighted by atomic mass is 16.4. The zero-order chi connectivity index (χ0) is 16.6. The third kappa shape index (κ3) is 2.72. The average Bonchev–Trinajstić information content (AvgIpc) is 3.13. The van der Waals surface area contributed by atoms with Gasteiger partial charge in [-0.05, 0) is 32.8 Å². The van der Waals surface area contributed by atoms with Crippen molar-refractivity contribution in [2.45, 2.75) is 40.2 Å². The van der Waals surface area contributed by atoms with E-state index in [1.54, 1.807) is 0 Å². The molecule has 0 spiro atoms. The fraction of sp³-hybridized carbons (Fsp3) is 0.353. The molecule has 0 bridgehead atoms. The summed E-state index contributed by atoms with van der Waals surface area (Å²) in [5.74, 6) is 0.289. The van der Waals surface area contributed by atoms with E-state index in [1.807, 2.05) is 45.9 Å². The van der Waals surface area contributed by atoms with Gasteiger partial charge in [0.1, 0.15) is 5.58 Å². The van der Waals surface area contributed by atoms with E-state index in [-0.39, 0.29) is 23.7 Å². The van der Waals surface area contributed by atoms with Crippen LogP contribution in [0.3, 0.4) is 0 Å². The monoisotopic (exact) mass is 313 g/mol. The van der Waals surface area contributed by atoms with Crippen molar-refractivity contribution in [3.63, 3.8) is 0 Å². The van der Waals surface area contributed by atoms with Gasteiger partial charge in [-0.3, -0.25) is 4.79 Å². The summed E-state index contributed by atoms with van der Waals surface area (Å²) in [6, 6.07) is 5.99. The summed E-state index contributed by atoms with van der Waals surface area (Å²) in [4.78, 5) is 12.0. The van der Waals surface area contributed by atoms with Crippen LogP contribution in [0.15, 0.2) is 27.0 Å². The molecule has 120 valence electrons. The predicted octanol–water partition coefficient (Wildman–Crippen LogP) is 3.63. The summed E-state index contributed by atoms with van der Waals surface area (Å²) < 4.78 is 11.4. The van der Waals surface area contributed by atoms with Crippen LogP contribution in [0.25, 0.3) is 22.6 Å². The van der Waals surface area contributed by atoms with Crippen LogP contribution in [-0.4, -0.2) is 22.1 Å². The number of carbonyl (C=O) groups excluding carboxylic acids is 1. The number of hydrogen-bond donors (Lipinski definition) is 1. The van der Waals surface area contributed by atoms with Gasteiger partial charge in [-0.2, -0.15) is 0 Å². The molecule has 0 unspecified atom stereocenters. The molecule has 6 nitrogen and oxygen atoms in total. The van der Waals surface area contributed by atoms with Gasteiger partial charge in [-0.25, -0.2) is 0 Å². The maximum absolute atomic E-state index is 12.0. The summed E-state index contributed by atoms with van der Waals surface area (Å²) in [5.41, 5.74) is 2.75. The minimum atomic E-state index is -0.372. The number of aromatic nitrogens is 2. The summed E-state index contributed by atoms with van der Waals surface area (Å²) in [6.07, 6.45) is 0.828. The normalized spacial score (nSPS) is 12.5. The fourth-order valence-electron chi connectivity index (χ4n) is 2.38. The molecule has 2 heterocycles. The Bertz CT molecular complexity index is 863. The van der Waals surface area contributed by atoms with Gasteiger partial charge in [0.05, 0.1) is 0 Å². The number of hydrogen-bond acceptors (Lipinski definition) is 5.